The van der Waals surface area contributed by atoms with Gasteiger partial charge in [-0.05, 0) is 31.9 Å². The Hall–Kier alpha value is -1.96. The van der Waals surface area contributed by atoms with Crippen molar-refractivity contribution in [2.75, 3.05) is 5.32 Å². The Labute approximate surface area is 104 Å². The zero-order valence-corrected chi connectivity index (χ0v) is 10.5. The van der Waals surface area contributed by atoms with E-state index in [2.05, 4.69) is 5.32 Å². The Balaban J connectivity index is 3.03. The number of amides is 1. The van der Waals surface area contributed by atoms with Crippen molar-refractivity contribution >= 4 is 11.6 Å². The quantitative estimate of drug-likeness (QED) is 0.898. The molecule has 1 unspecified atom stereocenters. The number of aryl methyl sites for hydroxylation is 1. The van der Waals surface area contributed by atoms with E-state index in [0.29, 0.717) is 0 Å². The lowest BCUT2D eigenvalue weighted by molar-refractivity contribution is -0.122. The summed E-state index contributed by atoms with van der Waals surface area (Å²) in [4.78, 5) is 11.8. The number of hydrogen-bond donors (Lipinski definition) is 1. The zero-order valence-electron chi connectivity index (χ0n) is 10.5. The number of carbonyl (C=O) groups is 1. The smallest absolute Gasteiger partial charge is 0.244 e. The molecule has 1 amide bonds. The van der Waals surface area contributed by atoms with Gasteiger partial charge in [-0.15, -0.1) is 0 Å². The zero-order chi connectivity index (χ0) is 13.9. The van der Waals surface area contributed by atoms with Gasteiger partial charge in [0.1, 0.15) is 17.0 Å². The maximum Gasteiger partial charge on any atom is 0.244 e. The summed E-state index contributed by atoms with van der Waals surface area (Å²) in [5, 5.41) is 11.2. The molecule has 0 saturated carbocycles. The summed E-state index contributed by atoms with van der Waals surface area (Å²) >= 11 is 0. The topological polar surface area (TPSA) is 52.9 Å². The molecule has 0 aliphatic rings. The number of nitrogens with zero attached hydrogens (tertiary/aromatic N) is 1. The monoisotopic (exact) mass is 252 g/mol. The Morgan fingerprint density at radius 3 is 2.56 bits per heavy atom. The summed E-state index contributed by atoms with van der Waals surface area (Å²) in [6.45, 7) is 4.55. The first-order chi connectivity index (χ1) is 8.34. The van der Waals surface area contributed by atoms with Gasteiger partial charge in [-0.1, -0.05) is 6.92 Å². The van der Waals surface area contributed by atoms with E-state index in [1.54, 1.807) is 6.92 Å². The van der Waals surface area contributed by atoms with Gasteiger partial charge in [-0.2, -0.15) is 5.26 Å². The maximum absolute atomic E-state index is 13.5. The third kappa shape index (κ3) is 2.65. The normalized spacial score (nSPS) is 13.6. The van der Waals surface area contributed by atoms with Crippen molar-refractivity contribution in [3.8, 4) is 6.07 Å². The van der Waals surface area contributed by atoms with Gasteiger partial charge in [-0.25, -0.2) is 8.78 Å². The van der Waals surface area contributed by atoms with Gasteiger partial charge in [0.15, 0.2) is 0 Å². The van der Waals surface area contributed by atoms with Crippen molar-refractivity contribution in [3.05, 3.63) is 29.3 Å². The lowest BCUT2D eigenvalue weighted by atomic mass is 9.88. The lowest BCUT2D eigenvalue weighted by Gasteiger charge is -2.19. The van der Waals surface area contributed by atoms with Gasteiger partial charge in [0.25, 0.3) is 0 Å². The summed E-state index contributed by atoms with van der Waals surface area (Å²) in [7, 11) is 0. The van der Waals surface area contributed by atoms with E-state index in [1.807, 2.05) is 6.07 Å². The van der Waals surface area contributed by atoms with Crippen LogP contribution in [0.15, 0.2) is 12.1 Å². The van der Waals surface area contributed by atoms with Crippen LogP contribution in [0, 0.1) is 35.3 Å². The molecule has 0 saturated heterocycles. The summed E-state index contributed by atoms with van der Waals surface area (Å²) in [5.41, 5.74) is -1.35. The van der Waals surface area contributed by atoms with E-state index >= 15 is 0 Å². The summed E-state index contributed by atoms with van der Waals surface area (Å²) in [5.74, 6) is -1.98. The lowest BCUT2D eigenvalue weighted by Crippen LogP contribution is -2.31. The Kier molecular flexibility index (Phi) is 4.02. The molecule has 1 rings (SSSR count). The van der Waals surface area contributed by atoms with E-state index < -0.39 is 23.0 Å². The predicted molar refractivity (Wildman–Crippen MR) is 63.7 cm³/mol. The van der Waals surface area contributed by atoms with Gasteiger partial charge < -0.3 is 5.32 Å². The number of rotatable bonds is 3. The average Bonchev–Trinajstić information content (AvgIpc) is 2.34. The fraction of sp³-hybridized carbons (Fsp3) is 0.385. The molecule has 0 bridgehead atoms. The van der Waals surface area contributed by atoms with Gasteiger partial charge in [0.2, 0.25) is 5.91 Å². The van der Waals surface area contributed by atoms with Crippen molar-refractivity contribution in [2.24, 2.45) is 5.41 Å². The standard InChI is InChI=1S/C13H14F2N2O/c1-4-13(3,7-16)12(18)17-11-6-9(14)8(2)5-10(11)15/h5-6H,4H2,1-3H3,(H,17,18). The highest BCUT2D eigenvalue weighted by molar-refractivity contribution is 5.97. The second kappa shape index (κ2) is 5.13. The van der Waals surface area contributed by atoms with Crippen molar-refractivity contribution in [1.29, 1.82) is 5.26 Å². The molecule has 0 spiro atoms. The third-order valence-corrected chi connectivity index (χ3v) is 2.95. The Morgan fingerprint density at radius 1 is 1.44 bits per heavy atom. The van der Waals surface area contributed by atoms with Crippen LogP contribution in [0.25, 0.3) is 0 Å². The predicted octanol–water partition coefficient (Wildman–Crippen LogP) is 3.15. The average molecular weight is 252 g/mol. The number of nitriles is 1. The fourth-order valence-corrected chi connectivity index (χ4v) is 1.29. The second-order valence-corrected chi connectivity index (χ2v) is 4.33. The van der Waals surface area contributed by atoms with Crippen LogP contribution in [0.4, 0.5) is 14.5 Å². The van der Waals surface area contributed by atoms with Crippen molar-refractivity contribution in [1.82, 2.24) is 0 Å². The SMILES string of the molecule is CCC(C)(C#N)C(=O)Nc1cc(F)c(C)cc1F. The molecule has 1 aromatic carbocycles. The number of nitrogens with one attached hydrogen (secondary N) is 1. The Morgan fingerprint density at radius 2 is 2.06 bits per heavy atom. The van der Waals surface area contributed by atoms with E-state index in [-0.39, 0.29) is 17.7 Å². The van der Waals surface area contributed by atoms with Crippen LogP contribution >= 0.6 is 0 Å². The van der Waals surface area contributed by atoms with E-state index in [0.717, 1.165) is 12.1 Å². The molecule has 0 aliphatic heterocycles. The highest BCUT2D eigenvalue weighted by atomic mass is 19.1. The molecular weight excluding hydrogens is 238 g/mol. The molecule has 96 valence electrons. The minimum Gasteiger partial charge on any atom is -0.322 e. The summed E-state index contributed by atoms with van der Waals surface area (Å²) in [6, 6.07) is 3.78. The first-order valence-electron chi connectivity index (χ1n) is 5.52. The number of anilines is 1. The molecule has 5 heteroatoms. The van der Waals surface area contributed by atoms with Crippen LogP contribution in [-0.2, 0) is 4.79 Å². The van der Waals surface area contributed by atoms with Crippen LogP contribution in [0.1, 0.15) is 25.8 Å². The molecule has 0 aromatic heterocycles. The minimum absolute atomic E-state index is 0.157. The second-order valence-electron chi connectivity index (χ2n) is 4.33. The van der Waals surface area contributed by atoms with Crippen LogP contribution in [0.3, 0.4) is 0 Å². The third-order valence-electron chi connectivity index (χ3n) is 2.95. The van der Waals surface area contributed by atoms with Crippen LogP contribution < -0.4 is 5.32 Å². The number of halogens is 2. The molecule has 1 atom stereocenters. The van der Waals surface area contributed by atoms with Crippen molar-refractivity contribution < 1.29 is 13.6 Å². The highest BCUT2D eigenvalue weighted by Crippen LogP contribution is 2.24. The summed E-state index contributed by atoms with van der Waals surface area (Å²) < 4.78 is 26.8. The van der Waals surface area contributed by atoms with Crippen LogP contribution in [-0.4, -0.2) is 5.91 Å². The van der Waals surface area contributed by atoms with E-state index in [9.17, 15) is 13.6 Å². The van der Waals surface area contributed by atoms with Crippen molar-refractivity contribution in [3.63, 3.8) is 0 Å². The molecule has 0 aliphatic carbocycles. The molecular formula is C13H14F2N2O. The molecule has 1 aromatic rings. The largest absolute Gasteiger partial charge is 0.322 e. The molecule has 0 heterocycles. The molecule has 1 N–H and O–H groups in total. The van der Waals surface area contributed by atoms with Gasteiger partial charge in [-0.3, -0.25) is 4.79 Å². The first kappa shape index (κ1) is 14.1. The molecule has 18 heavy (non-hydrogen) atoms. The first-order valence-corrected chi connectivity index (χ1v) is 5.52. The van der Waals surface area contributed by atoms with Crippen LogP contribution in [0.5, 0.6) is 0 Å². The molecule has 0 radical (unpaired) electrons. The maximum atomic E-state index is 13.5. The Bertz CT molecular complexity index is 522. The minimum atomic E-state index is -1.26. The highest BCUT2D eigenvalue weighted by Gasteiger charge is 2.31. The van der Waals surface area contributed by atoms with Gasteiger partial charge >= 0.3 is 0 Å². The van der Waals surface area contributed by atoms with Crippen molar-refractivity contribution in [2.45, 2.75) is 27.2 Å². The fourth-order valence-electron chi connectivity index (χ4n) is 1.29. The molecule has 0 fully saturated rings. The van der Waals surface area contributed by atoms with E-state index in [4.69, 9.17) is 5.26 Å². The number of benzene rings is 1. The number of carbonyl (C=O) groups excluding carboxylic acids is 1. The van der Waals surface area contributed by atoms with Gasteiger partial charge in [0.05, 0.1) is 11.8 Å². The molecule has 3 nitrogen and oxygen atoms in total. The van der Waals surface area contributed by atoms with Gasteiger partial charge in [0, 0.05) is 6.07 Å². The summed E-state index contributed by atoms with van der Waals surface area (Å²) in [6.07, 6.45) is 0.283. The number of hydrogen-bond acceptors (Lipinski definition) is 2. The van der Waals surface area contributed by atoms with Crippen LogP contribution in [0.2, 0.25) is 0 Å². The van der Waals surface area contributed by atoms with E-state index in [1.165, 1.54) is 13.8 Å².